The SMILES string of the molecule is Cc1cccc(-n2nnnc2SCC(=O)NC2CCCCCC2)c1. The number of thioether (sulfide) groups is 1. The van der Waals surface area contributed by atoms with E-state index in [-0.39, 0.29) is 5.91 Å². The zero-order chi connectivity index (χ0) is 16.8. The summed E-state index contributed by atoms with van der Waals surface area (Å²) < 4.78 is 1.68. The monoisotopic (exact) mass is 345 g/mol. The van der Waals surface area contributed by atoms with E-state index in [4.69, 9.17) is 0 Å². The number of nitrogens with zero attached hydrogens (tertiary/aromatic N) is 4. The van der Waals surface area contributed by atoms with Crippen molar-refractivity contribution in [2.24, 2.45) is 0 Å². The van der Waals surface area contributed by atoms with Crippen LogP contribution in [0.1, 0.15) is 44.1 Å². The van der Waals surface area contributed by atoms with Crippen molar-refractivity contribution in [1.82, 2.24) is 25.5 Å². The minimum atomic E-state index is 0.0608. The molecule has 1 N–H and O–H groups in total. The van der Waals surface area contributed by atoms with E-state index in [2.05, 4.69) is 20.8 Å². The molecule has 2 aromatic rings. The molecular weight excluding hydrogens is 322 g/mol. The van der Waals surface area contributed by atoms with Gasteiger partial charge in [-0.05, 0) is 47.9 Å². The highest BCUT2D eigenvalue weighted by Crippen LogP contribution is 2.20. The number of tetrazole rings is 1. The van der Waals surface area contributed by atoms with Crippen molar-refractivity contribution in [3.8, 4) is 5.69 Å². The number of carbonyl (C=O) groups excluding carboxylic acids is 1. The number of hydrogen-bond acceptors (Lipinski definition) is 5. The van der Waals surface area contributed by atoms with Crippen molar-refractivity contribution in [3.05, 3.63) is 29.8 Å². The lowest BCUT2D eigenvalue weighted by atomic mass is 10.1. The Morgan fingerprint density at radius 3 is 2.83 bits per heavy atom. The molecule has 24 heavy (non-hydrogen) atoms. The highest BCUT2D eigenvalue weighted by atomic mass is 32.2. The van der Waals surface area contributed by atoms with E-state index < -0.39 is 0 Å². The average Bonchev–Trinajstić information content (AvgIpc) is 2.90. The van der Waals surface area contributed by atoms with Crippen LogP contribution in [0.4, 0.5) is 0 Å². The van der Waals surface area contributed by atoms with Gasteiger partial charge in [0.25, 0.3) is 0 Å². The summed E-state index contributed by atoms with van der Waals surface area (Å²) in [7, 11) is 0. The molecule has 0 unspecified atom stereocenters. The Bertz CT molecular complexity index is 679. The number of aromatic nitrogens is 4. The predicted molar refractivity (Wildman–Crippen MR) is 94.2 cm³/mol. The van der Waals surface area contributed by atoms with Gasteiger partial charge in [-0.2, -0.15) is 4.68 Å². The van der Waals surface area contributed by atoms with Crippen LogP contribution in [0.5, 0.6) is 0 Å². The lowest BCUT2D eigenvalue weighted by molar-refractivity contribution is -0.119. The standard InChI is InChI=1S/C17H23N5OS/c1-13-7-6-10-15(11-13)22-17(19-20-21-22)24-12-16(23)18-14-8-4-2-3-5-9-14/h6-7,10-11,14H,2-5,8-9,12H2,1H3,(H,18,23). The van der Waals surface area contributed by atoms with Crippen molar-refractivity contribution >= 4 is 17.7 Å². The first kappa shape index (κ1) is 17.0. The summed E-state index contributed by atoms with van der Waals surface area (Å²) in [6.45, 7) is 2.03. The van der Waals surface area contributed by atoms with E-state index in [1.165, 1.54) is 37.4 Å². The molecule has 0 radical (unpaired) electrons. The number of nitrogens with one attached hydrogen (secondary N) is 1. The van der Waals surface area contributed by atoms with E-state index >= 15 is 0 Å². The van der Waals surface area contributed by atoms with Crippen molar-refractivity contribution in [1.29, 1.82) is 0 Å². The minimum Gasteiger partial charge on any atom is -0.353 e. The quantitative estimate of drug-likeness (QED) is 0.666. The zero-order valence-electron chi connectivity index (χ0n) is 13.9. The molecule has 0 aliphatic heterocycles. The summed E-state index contributed by atoms with van der Waals surface area (Å²) in [6, 6.07) is 8.30. The molecular formula is C17H23N5OS. The van der Waals surface area contributed by atoms with E-state index in [1.807, 2.05) is 31.2 Å². The number of carbonyl (C=O) groups is 1. The van der Waals surface area contributed by atoms with E-state index in [9.17, 15) is 4.79 Å². The normalized spacial score (nSPS) is 15.9. The summed E-state index contributed by atoms with van der Waals surface area (Å²) in [4.78, 5) is 12.2. The molecule has 0 saturated heterocycles. The zero-order valence-corrected chi connectivity index (χ0v) is 14.8. The predicted octanol–water partition coefficient (Wildman–Crippen LogP) is 2.90. The van der Waals surface area contributed by atoms with E-state index in [0.717, 1.165) is 24.1 Å². The van der Waals surface area contributed by atoms with Gasteiger partial charge in [0.15, 0.2) is 0 Å². The Kier molecular flexibility index (Phi) is 5.85. The molecule has 3 rings (SSSR count). The number of aryl methyl sites for hydroxylation is 1. The van der Waals surface area contributed by atoms with Gasteiger partial charge in [0, 0.05) is 6.04 Å². The lowest BCUT2D eigenvalue weighted by Crippen LogP contribution is -2.35. The highest BCUT2D eigenvalue weighted by molar-refractivity contribution is 7.99. The van der Waals surface area contributed by atoms with Crippen molar-refractivity contribution in [2.45, 2.75) is 56.6 Å². The van der Waals surface area contributed by atoms with E-state index in [0.29, 0.717) is 17.0 Å². The molecule has 1 saturated carbocycles. The van der Waals surface area contributed by atoms with Crippen LogP contribution in [0.15, 0.2) is 29.4 Å². The van der Waals surface area contributed by atoms with E-state index in [1.54, 1.807) is 4.68 Å². The molecule has 0 bridgehead atoms. The van der Waals surface area contributed by atoms with Crippen molar-refractivity contribution < 1.29 is 4.79 Å². The second kappa shape index (κ2) is 8.28. The van der Waals surface area contributed by atoms with Crippen LogP contribution in [0.3, 0.4) is 0 Å². The largest absolute Gasteiger partial charge is 0.353 e. The molecule has 0 spiro atoms. The van der Waals surface area contributed by atoms with Gasteiger partial charge < -0.3 is 5.32 Å². The summed E-state index contributed by atoms with van der Waals surface area (Å²) in [5.74, 6) is 0.397. The molecule has 1 fully saturated rings. The van der Waals surface area contributed by atoms with Crippen LogP contribution >= 0.6 is 11.8 Å². The molecule has 6 nitrogen and oxygen atoms in total. The Morgan fingerprint density at radius 1 is 1.29 bits per heavy atom. The van der Waals surface area contributed by atoms with Gasteiger partial charge in [-0.15, -0.1) is 5.10 Å². The van der Waals surface area contributed by atoms with Gasteiger partial charge in [0.05, 0.1) is 11.4 Å². The molecule has 0 atom stereocenters. The Labute approximate surface area is 146 Å². The smallest absolute Gasteiger partial charge is 0.230 e. The molecule has 1 heterocycles. The number of hydrogen-bond donors (Lipinski definition) is 1. The Morgan fingerprint density at radius 2 is 2.08 bits per heavy atom. The van der Waals surface area contributed by atoms with Crippen molar-refractivity contribution in [2.75, 3.05) is 5.75 Å². The first-order chi connectivity index (χ1) is 11.7. The fourth-order valence-corrected chi connectivity index (χ4v) is 3.72. The Hall–Kier alpha value is -1.89. The van der Waals surface area contributed by atoms with Crippen LogP contribution in [0, 0.1) is 6.92 Å². The first-order valence-corrected chi connectivity index (χ1v) is 9.48. The molecule has 128 valence electrons. The third-order valence-electron chi connectivity index (χ3n) is 4.24. The number of rotatable bonds is 5. The van der Waals surface area contributed by atoms with Crippen LogP contribution in [-0.4, -0.2) is 37.9 Å². The Balaban J connectivity index is 1.57. The summed E-state index contributed by atoms with van der Waals surface area (Å²) in [6.07, 6.45) is 7.18. The van der Waals surface area contributed by atoms with Crippen LogP contribution in [0.25, 0.3) is 5.69 Å². The third-order valence-corrected chi connectivity index (χ3v) is 5.16. The first-order valence-electron chi connectivity index (χ1n) is 8.50. The van der Waals surface area contributed by atoms with Gasteiger partial charge in [-0.1, -0.05) is 49.6 Å². The van der Waals surface area contributed by atoms with Crippen LogP contribution in [0.2, 0.25) is 0 Å². The van der Waals surface area contributed by atoms with Crippen molar-refractivity contribution in [3.63, 3.8) is 0 Å². The maximum Gasteiger partial charge on any atom is 0.230 e. The topological polar surface area (TPSA) is 72.7 Å². The van der Waals surface area contributed by atoms with Gasteiger partial charge in [0.1, 0.15) is 0 Å². The van der Waals surface area contributed by atoms with Gasteiger partial charge >= 0.3 is 0 Å². The maximum absolute atomic E-state index is 12.2. The molecule has 1 amide bonds. The lowest BCUT2D eigenvalue weighted by Gasteiger charge is -2.15. The molecule has 1 aromatic carbocycles. The average molecular weight is 345 g/mol. The summed E-state index contributed by atoms with van der Waals surface area (Å²) in [5, 5.41) is 15.6. The van der Waals surface area contributed by atoms with Gasteiger partial charge in [-0.25, -0.2) is 0 Å². The third kappa shape index (κ3) is 4.56. The summed E-state index contributed by atoms with van der Waals surface area (Å²) in [5.41, 5.74) is 2.05. The molecule has 1 aliphatic rings. The minimum absolute atomic E-state index is 0.0608. The summed E-state index contributed by atoms with van der Waals surface area (Å²) >= 11 is 1.37. The highest BCUT2D eigenvalue weighted by Gasteiger charge is 2.16. The number of amides is 1. The van der Waals surface area contributed by atoms with Gasteiger partial charge in [0.2, 0.25) is 11.1 Å². The maximum atomic E-state index is 12.2. The van der Waals surface area contributed by atoms with Gasteiger partial charge in [-0.3, -0.25) is 4.79 Å². The second-order valence-electron chi connectivity index (χ2n) is 6.26. The molecule has 1 aromatic heterocycles. The van der Waals surface area contributed by atoms with Crippen LogP contribution in [-0.2, 0) is 4.79 Å². The fourth-order valence-electron chi connectivity index (χ4n) is 3.01. The number of benzene rings is 1. The molecule has 7 heteroatoms. The molecule has 1 aliphatic carbocycles. The fraction of sp³-hybridized carbons (Fsp3) is 0.529. The second-order valence-corrected chi connectivity index (χ2v) is 7.20. The van der Waals surface area contributed by atoms with Crippen LogP contribution < -0.4 is 5.32 Å².